The third-order valence-electron chi connectivity index (χ3n) is 2.94. The van der Waals surface area contributed by atoms with Crippen LogP contribution in [0.1, 0.15) is 38.2 Å². The highest BCUT2D eigenvalue weighted by molar-refractivity contribution is 5.96. The summed E-state index contributed by atoms with van der Waals surface area (Å²) in [5.41, 5.74) is 6.46. The summed E-state index contributed by atoms with van der Waals surface area (Å²) >= 11 is 0. The van der Waals surface area contributed by atoms with Gasteiger partial charge in [0.15, 0.2) is 0 Å². The number of anilines is 1. The maximum absolute atomic E-state index is 11.7. The summed E-state index contributed by atoms with van der Waals surface area (Å²) < 4.78 is 0. The molecule has 5 heteroatoms. The van der Waals surface area contributed by atoms with Gasteiger partial charge in [0.25, 0.3) is 5.91 Å². The molecule has 0 fully saturated rings. The first-order chi connectivity index (χ1) is 7.32. The van der Waals surface area contributed by atoms with E-state index in [-0.39, 0.29) is 11.3 Å². The fourth-order valence-corrected chi connectivity index (χ4v) is 1.12. The van der Waals surface area contributed by atoms with Gasteiger partial charge in [-0.15, -0.1) is 0 Å². The Kier molecular flexibility index (Phi) is 3.57. The second-order valence-electron chi connectivity index (χ2n) is 5.18. The number of H-pyrrole nitrogens is 1. The highest BCUT2D eigenvalue weighted by Crippen LogP contribution is 2.24. The minimum absolute atomic E-state index is 0.173. The molecule has 1 rings (SSSR count). The standard InChI is InChI=1S/C11H20N4O/c1-7(11(2,3)4)5-13-10(16)9-8(12)6-14-15-9/h6-7H,5,12H2,1-4H3,(H,13,16)(H,14,15). The van der Waals surface area contributed by atoms with Crippen molar-refractivity contribution in [2.45, 2.75) is 27.7 Å². The Morgan fingerprint density at radius 2 is 2.25 bits per heavy atom. The Bertz CT molecular complexity index is 364. The van der Waals surface area contributed by atoms with Crippen molar-refractivity contribution >= 4 is 11.6 Å². The van der Waals surface area contributed by atoms with Crippen LogP contribution in [0.15, 0.2) is 6.20 Å². The van der Waals surface area contributed by atoms with Gasteiger partial charge >= 0.3 is 0 Å². The van der Waals surface area contributed by atoms with Crippen molar-refractivity contribution in [3.63, 3.8) is 0 Å². The topological polar surface area (TPSA) is 83.8 Å². The van der Waals surface area contributed by atoms with E-state index < -0.39 is 0 Å². The predicted molar refractivity (Wildman–Crippen MR) is 64.0 cm³/mol. The summed E-state index contributed by atoms with van der Waals surface area (Å²) in [7, 11) is 0. The lowest BCUT2D eigenvalue weighted by molar-refractivity contribution is 0.0933. The van der Waals surface area contributed by atoms with Gasteiger partial charge in [-0.05, 0) is 11.3 Å². The number of nitrogens with one attached hydrogen (secondary N) is 2. The van der Waals surface area contributed by atoms with Crippen LogP contribution in [0.4, 0.5) is 5.69 Å². The van der Waals surface area contributed by atoms with E-state index in [9.17, 15) is 4.79 Å². The molecule has 5 nitrogen and oxygen atoms in total. The first-order valence-corrected chi connectivity index (χ1v) is 5.39. The zero-order valence-corrected chi connectivity index (χ0v) is 10.3. The van der Waals surface area contributed by atoms with Crippen LogP contribution < -0.4 is 11.1 Å². The van der Waals surface area contributed by atoms with Gasteiger partial charge in [0.05, 0.1) is 11.9 Å². The molecule has 1 unspecified atom stereocenters. The number of hydrogen-bond acceptors (Lipinski definition) is 3. The Balaban J connectivity index is 2.52. The van der Waals surface area contributed by atoms with Gasteiger partial charge in [0.2, 0.25) is 0 Å². The Hall–Kier alpha value is -1.52. The Morgan fingerprint density at radius 3 is 2.69 bits per heavy atom. The molecule has 90 valence electrons. The van der Waals surface area contributed by atoms with Crippen LogP contribution in [0.25, 0.3) is 0 Å². The van der Waals surface area contributed by atoms with Crippen LogP contribution >= 0.6 is 0 Å². The molecule has 0 aliphatic rings. The molecule has 0 saturated carbocycles. The average molecular weight is 224 g/mol. The van der Waals surface area contributed by atoms with Crippen molar-refractivity contribution in [2.75, 3.05) is 12.3 Å². The first kappa shape index (κ1) is 12.5. The van der Waals surface area contributed by atoms with Crippen molar-refractivity contribution in [3.05, 3.63) is 11.9 Å². The molecule has 4 N–H and O–H groups in total. The molecule has 0 aliphatic heterocycles. The number of hydrogen-bond donors (Lipinski definition) is 3. The zero-order valence-electron chi connectivity index (χ0n) is 10.3. The van der Waals surface area contributed by atoms with E-state index in [1.54, 1.807) is 0 Å². The molecule has 1 atom stereocenters. The largest absolute Gasteiger partial charge is 0.396 e. The lowest BCUT2D eigenvalue weighted by Gasteiger charge is -2.27. The van der Waals surface area contributed by atoms with Crippen molar-refractivity contribution in [3.8, 4) is 0 Å². The lowest BCUT2D eigenvalue weighted by Crippen LogP contribution is -2.34. The van der Waals surface area contributed by atoms with E-state index >= 15 is 0 Å². The molecular weight excluding hydrogens is 204 g/mol. The monoisotopic (exact) mass is 224 g/mol. The molecule has 1 aromatic rings. The molecule has 0 saturated heterocycles. The fraction of sp³-hybridized carbons (Fsp3) is 0.636. The second-order valence-corrected chi connectivity index (χ2v) is 5.18. The Labute approximate surface area is 95.8 Å². The van der Waals surface area contributed by atoms with E-state index in [1.807, 2.05) is 0 Å². The molecule has 0 aliphatic carbocycles. The third-order valence-corrected chi connectivity index (χ3v) is 2.94. The lowest BCUT2D eigenvalue weighted by atomic mass is 9.82. The van der Waals surface area contributed by atoms with Crippen molar-refractivity contribution in [1.29, 1.82) is 0 Å². The number of rotatable bonds is 3. The minimum Gasteiger partial charge on any atom is -0.396 e. The van der Waals surface area contributed by atoms with Crippen LogP contribution in [0, 0.1) is 11.3 Å². The number of amides is 1. The molecule has 0 aromatic carbocycles. The number of nitrogens with two attached hydrogens (primary N) is 1. The van der Waals surface area contributed by atoms with Crippen LogP contribution in [-0.4, -0.2) is 22.6 Å². The molecule has 1 heterocycles. The van der Waals surface area contributed by atoms with Crippen LogP contribution in [-0.2, 0) is 0 Å². The molecule has 1 amide bonds. The summed E-state index contributed by atoms with van der Waals surface area (Å²) in [6, 6.07) is 0. The molecule has 0 radical (unpaired) electrons. The van der Waals surface area contributed by atoms with Crippen LogP contribution in [0.5, 0.6) is 0 Å². The van der Waals surface area contributed by atoms with Gasteiger partial charge < -0.3 is 11.1 Å². The van der Waals surface area contributed by atoms with Gasteiger partial charge in [-0.2, -0.15) is 5.10 Å². The Morgan fingerprint density at radius 1 is 1.62 bits per heavy atom. The number of carbonyl (C=O) groups is 1. The van der Waals surface area contributed by atoms with E-state index in [0.29, 0.717) is 23.8 Å². The summed E-state index contributed by atoms with van der Waals surface area (Å²) in [5.74, 6) is 0.187. The zero-order chi connectivity index (χ0) is 12.3. The van der Waals surface area contributed by atoms with Crippen molar-refractivity contribution in [2.24, 2.45) is 11.3 Å². The third kappa shape index (κ3) is 2.98. The van der Waals surface area contributed by atoms with Crippen LogP contribution in [0.3, 0.4) is 0 Å². The van der Waals surface area contributed by atoms with E-state index in [1.165, 1.54) is 6.20 Å². The maximum atomic E-state index is 11.7. The van der Waals surface area contributed by atoms with Gasteiger partial charge in [-0.1, -0.05) is 27.7 Å². The maximum Gasteiger partial charge on any atom is 0.271 e. The van der Waals surface area contributed by atoms with Gasteiger partial charge in [0.1, 0.15) is 5.69 Å². The smallest absolute Gasteiger partial charge is 0.271 e. The highest BCUT2D eigenvalue weighted by atomic mass is 16.1. The van der Waals surface area contributed by atoms with Gasteiger partial charge in [-0.3, -0.25) is 9.89 Å². The molecule has 0 spiro atoms. The molecule has 1 aromatic heterocycles. The number of carbonyl (C=O) groups excluding carboxylic acids is 1. The number of nitrogens with zero attached hydrogens (tertiary/aromatic N) is 1. The van der Waals surface area contributed by atoms with Gasteiger partial charge in [0, 0.05) is 6.54 Å². The number of aromatic nitrogens is 2. The van der Waals surface area contributed by atoms with Crippen molar-refractivity contribution < 1.29 is 4.79 Å². The first-order valence-electron chi connectivity index (χ1n) is 5.39. The summed E-state index contributed by atoms with van der Waals surface area (Å²) in [5, 5.41) is 9.13. The van der Waals surface area contributed by atoms with Crippen LogP contribution in [0.2, 0.25) is 0 Å². The van der Waals surface area contributed by atoms with Gasteiger partial charge in [-0.25, -0.2) is 0 Å². The second kappa shape index (κ2) is 4.55. The predicted octanol–water partition coefficient (Wildman–Crippen LogP) is 1.40. The minimum atomic E-state index is -0.203. The highest BCUT2D eigenvalue weighted by Gasteiger charge is 2.21. The van der Waals surface area contributed by atoms with Crippen molar-refractivity contribution in [1.82, 2.24) is 15.5 Å². The normalized spacial score (nSPS) is 13.5. The molecular formula is C11H20N4O. The molecule has 16 heavy (non-hydrogen) atoms. The average Bonchev–Trinajstić information content (AvgIpc) is 2.58. The molecule has 0 bridgehead atoms. The number of aromatic amines is 1. The van der Waals surface area contributed by atoms with E-state index in [2.05, 4.69) is 43.2 Å². The quantitative estimate of drug-likeness (QED) is 0.725. The van der Waals surface area contributed by atoms with E-state index in [4.69, 9.17) is 5.73 Å². The fourth-order valence-electron chi connectivity index (χ4n) is 1.12. The van der Waals surface area contributed by atoms with E-state index in [0.717, 1.165) is 0 Å². The summed E-state index contributed by atoms with van der Waals surface area (Å²) in [6.45, 7) is 9.18. The summed E-state index contributed by atoms with van der Waals surface area (Å²) in [4.78, 5) is 11.7. The SMILES string of the molecule is CC(CNC(=O)c1[nH]ncc1N)C(C)(C)C. The summed E-state index contributed by atoms with van der Waals surface area (Å²) in [6.07, 6.45) is 1.43. The number of nitrogen functional groups attached to an aromatic ring is 1.